The average molecular weight is 326 g/mol. The lowest BCUT2D eigenvalue weighted by Gasteiger charge is -2.23. The van der Waals surface area contributed by atoms with E-state index in [9.17, 15) is 4.79 Å². The third kappa shape index (κ3) is 4.64. The second kappa shape index (κ2) is 8.43. The Balaban J connectivity index is 1.93. The number of amides is 2. The van der Waals surface area contributed by atoms with Crippen LogP contribution in [0, 0.1) is 0 Å². The molecule has 2 unspecified atom stereocenters. The van der Waals surface area contributed by atoms with Crippen molar-refractivity contribution in [2.75, 3.05) is 38.4 Å². The van der Waals surface area contributed by atoms with Gasteiger partial charge in [-0.3, -0.25) is 10.00 Å². The Labute approximate surface area is 136 Å². The zero-order chi connectivity index (χ0) is 15.9. The summed E-state index contributed by atoms with van der Waals surface area (Å²) in [6.45, 7) is 4.26. The highest BCUT2D eigenvalue weighted by Gasteiger charge is 2.22. The maximum atomic E-state index is 12.4. The van der Waals surface area contributed by atoms with Gasteiger partial charge >= 0.3 is 6.03 Å². The fourth-order valence-electron chi connectivity index (χ4n) is 2.64. The highest BCUT2D eigenvalue weighted by atomic mass is 32.2. The molecule has 0 spiro atoms. The Morgan fingerprint density at radius 3 is 3.14 bits per heavy atom. The largest absolute Gasteiger partial charge is 0.382 e. The molecule has 1 aromatic heterocycles. The summed E-state index contributed by atoms with van der Waals surface area (Å²) in [5.74, 6) is 0.595. The predicted molar refractivity (Wildman–Crippen MR) is 90.6 cm³/mol. The maximum absolute atomic E-state index is 12.4. The lowest BCUT2D eigenvalue weighted by Crippen LogP contribution is -2.38. The molecule has 0 bridgehead atoms. The van der Waals surface area contributed by atoms with Crippen LogP contribution in [-0.2, 0) is 4.74 Å². The molecule has 1 aliphatic rings. The fraction of sp³-hybridized carbons (Fsp3) is 0.733. The van der Waals surface area contributed by atoms with Crippen LogP contribution in [0.5, 0.6) is 0 Å². The Morgan fingerprint density at radius 2 is 2.41 bits per heavy atom. The molecule has 0 radical (unpaired) electrons. The Kier molecular flexibility index (Phi) is 6.57. The highest BCUT2D eigenvalue weighted by Crippen LogP contribution is 2.20. The van der Waals surface area contributed by atoms with E-state index in [1.54, 1.807) is 7.11 Å². The molecule has 0 saturated carbocycles. The van der Waals surface area contributed by atoms with Gasteiger partial charge < -0.3 is 9.64 Å². The van der Waals surface area contributed by atoms with Gasteiger partial charge in [0.1, 0.15) is 0 Å². The van der Waals surface area contributed by atoms with Crippen LogP contribution in [0.3, 0.4) is 0 Å². The van der Waals surface area contributed by atoms with Crippen LogP contribution < -0.4 is 5.32 Å². The average Bonchev–Trinajstić information content (AvgIpc) is 2.83. The van der Waals surface area contributed by atoms with Crippen molar-refractivity contribution in [3.05, 3.63) is 12.3 Å². The molecule has 1 aromatic rings. The molecule has 1 fully saturated rings. The Morgan fingerprint density at radius 1 is 1.59 bits per heavy atom. The molecule has 1 N–H and O–H groups in total. The first-order valence-corrected chi connectivity index (χ1v) is 9.05. The smallest absolute Gasteiger partial charge is 0.323 e. The molecule has 2 atom stereocenters. The standard InChI is InChI=1S/C15H26N4O2S/c1-12(11-21-2)19-9-7-14(17-19)16-15(20)18-8-5-4-6-13(10-18)22-3/h7,9,12-13H,4-6,8,10-11H2,1-3H3,(H,16,17,20). The number of anilines is 1. The summed E-state index contributed by atoms with van der Waals surface area (Å²) >= 11 is 1.84. The number of likely N-dealkylation sites (tertiary alicyclic amines) is 1. The summed E-state index contributed by atoms with van der Waals surface area (Å²) < 4.78 is 6.93. The zero-order valence-corrected chi connectivity index (χ0v) is 14.4. The molecule has 124 valence electrons. The molecule has 6 nitrogen and oxygen atoms in total. The normalized spacial score (nSPS) is 20.5. The third-order valence-electron chi connectivity index (χ3n) is 3.95. The first kappa shape index (κ1) is 17.1. The van der Waals surface area contributed by atoms with Crippen LogP contribution in [0.15, 0.2) is 12.3 Å². The van der Waals surface area contributed by atoms with Crippen LogP contribution in [0.4, 0.5) is 10.6 Å². The Bertz CT molecular complexity index is 480. The number of rotatable bonds is 5. The van der Waals surface area contributed by atoms with E-state index in [2.05, 4.69) is 16.7 Å². The number of ether oxygens (including phenoxy) is 1. The van der Waals surface area contributed by atoms with Crippen LogP contribution >= 0.6 is 11.8 Å². The number of thioether (sulfide) groups is 1. The summed E-state index contributed by atoms with van der Waals surface area (Å²) in [6.07, 6.45) is 7.44. The van der Waals surface area contributed by atoms with Crippen molar-refractivity contribution in [1.82, 2.24) is 14.7 Å². The summed E-state index contributed by atoms with van der Waals surface area (Å²) in [4.78, 5) is 14.3. The van der Waals surface area contributed by atoms with E-state index >= 15 is 0 Å². The number of hydrogen-bond acceptors (Lipinski definition) is 4. The summed E-state index contributed by atoms with van der Waals surface area (Å²) in [7, 11) is 1.67. The van der Waals surface area contributed by atoms with Crippen molar-refractivity contribution in [1.29, 1.82) is 0 Å². The number of urea groups is 1. The molecule has 2 amide bonds. The number of hydrogen-bond donors (Lipinski definition) is 1. The van der Waals surface area contributed by atoms with Crippen molar-refractivity contribution in [3.63, 3.8) is 0 Å². The van der Waals surface area contributed by atoms with Crippen molar-refractivity contribution in [2.45, 2.75) is 37.5 Å². The number of nitrogens with one attached hydrogen (secondary N) is 1. The second-order valence-electron chi connectivity index (χ2n) is 5.72. The minimum absolute atomic E-state index is 0.0504. The molecule has 0 aliphatic carbocycles. The second-order valence-corrected chi connectivity index (χ2v) is 6.85. The highest BCUT2D eigenvalue weighted by molar-refractivity contribution is 7.99. The Hall–Kier alpha value is -1.21. The molecule has 7 heteroatoms. The summed E-state index contributed by atoms with van der Waals surface area (Å²) in [5.41, 5.74) is 0. The van der Waals surface area contributed by atoms with Crippen LogP contribution in [0.1, 0.15) is 32.2 Å². The number of nitrogens with zero attached hydrogens (tertiary/aromatic N) is 3. The van der Waals surface area contributed by atoms with Crippen LogP contribution in [0.25, 0.3) is 0 Å². The van der Waals surface area contributed by atoms with E-state index in [0.717, 1.165) is 19.5 Å². The molecular formula is C15H26N4O2S. The first-order valence-electron chi connectivity index (χ1n) is 7.77. The van der Waals surface area contributed by atoms with Gasteiger partial charge in [-0.05, 0) is 26.0 Å². The van der Waals surface area contributed by atoms with Crippen molar-refractivity contribution in [2.24, 2.45) is 0 Å². The van der Waals surface area contributed by atoms with E-state index in [-0.39, 0.29) is 12.1 Å². The van der Waals surface area contributed by atoms with Gasteiger partial charge in [0.05, 0.1) is 12.6 Å². The monoisotopic (exact) mass is 326 g/mol. The molecule has 1 saturated heterocycles. The van der Waals surface area contributed by atoms with Gasteiger partial charge in [0.25, 0.3) is 0 Å². The van der Waals surface area contributed by atoms with E-state index in [1.807, 2.05) is 40.5 Å². The molecule has 2 heterocycles. The van der Waals surface area contributed by atoms with Gasteiger partial charge in [0, 0.05) is 37.7 Å². The maximum Gasteiger partial charge on any atom is 0.323 e. The zero-order valence-electron chi connectivity index (χ0n) is 13.6. The minimum atomic E-state index is -0.0504. The number of aromatic nitrogens is 2. The SMILES string of the molecule is COCC(C)n1ccc(NC(=O)N2CCCCC(SC)C2)n1. The number of carbonyl (C=O) groups excluding carboxylic acids is 1. The summed E-state index contributed by atoms with van der Waals surface area (Å²) in [5, 5.41) is 7.84. The van der Waals surface area contributed by atoms with Gasteiger partial charge in [-0.25, -0.2) is 4.79 Å². The van der Waals surface area contributed by atoms with Crippen molar-refractivity contribution >= 4 is 23.6 Å². The van der Waals surface area contributed by atoms with Crippen molar-refractivity contribution < 1.29 is 9.53 Å². The lowest BCUT2D eigenvalue weighted by molar-refractivity contribution is 0.157. The molecule has 0 aromatic carbocycles. The number of carbonyl (C=O) groups is 1. The van der Waals surface area contributed by atoms with Crippen molar-refractivity contribution in [3.8, 4) is 0 Å². The minimum Gasteiger partial charge on any atom is -0.382 e. The third-order valence-corrected chi connectivity index (χ3v) is 5.00. The van der Waals surface area contributed by atoms with E-state index in [4.69, 9.17) is 4.74 Å². The topological polar surface area (TPSA) is 59.4 Å². The van der Waals surface area contributed by atoms with Gasteiger partial charge in [-0.2, -0.15) is 16.9 Å². The lowest BCUT2D eigenvalue weighted by atomic mass is 10.2. The predicted octanol–water partition coefficient (Wildman–Crippen LogP) is 2.84. The fourth-order valence-corrected chi connectivity index (χ4v) is 3.37. The van der Waals surface area contributed by atoms with Crippen LogP contribution in [-0.4, -0.2) is 59.0 Å². The summed E-state index contributed by atoms with van der Waals surface area (Å²) in [6, 6.07) is 1.92. The van der Waals surface area contributed by atoms with Gasteiger partial charge in [0.15, 0.2) is 5.82 Å². The molecule has 1 aliphatic heterocycles. The van der Waals surface area contributed by atoms with E-state index in [0.29, 0.717) is 17.7 Å². The number of methoxy groups -OCH3 is 1. The van der Waals surface area contributed by atoms with Gasteiger partial charge in [0.2, 0.25) is 0 Å². The first-order chi connectivity index (χ1) is 10.6. The van der Waals surface area contributed by atoms with Gasteiger partial charge in [-0.15, -0.1) is 0 Å². The van der Waals surface area contributed by atoms with E-state index in [1.165, 1.54) is 12.8 Å². The molecular weight excluding hydrogens is 300 g/mol. The molecule has 22 heavy (non-hydrogen) atoms. The van der Waals surface area contributed by atoms with E-state index < -0.39 is 0 Å². The van der Waals surface area contributed by atoms with Gasteiger partial charge in [-0.1, -0.05) is 6.42 Å². The van der Waals surface area contributed by atoms with Crippen LogP contribution in [0.2, 0.25) is 0 Å². The quantitative estimate of drug-likeness (QED) is 0.904. The molecule has 2 rings (SSSR count).